The van der Waals surface area contributed by atoms with Gasteiger partial charge in [-0.25, -0.2) is 9.18 Å². The van der Waals surface area contributed by atoms with Crippen LogP contribution in [0.5, 0.6) is 0 Å². The molecule has 1 fully saturated rings. The molecule has 1 unspecified atom stereocenters. The number of rotatable bonds is 7. The maximum atomic E-state index is 13.1. The number of carbonyl (C=O) groups excluding carboxylic acids is 3. The Balaban J connectivity index is 0.00000364. The topological polar surface area (TPSA) is 105 Å². The highest BCUT2D eigenvalue weighted by Crippen LogP contribution is 2.28. The molecule has 1 saturated heterocycles. The highest BCUT2D eigenvalue weighted by Gasteiger charge is 2.49. The summed E-state index contributed by atoms with van der Waals surface area (Å²) in [6.45, 7) is 5.22. The molecule has 4 N–H and O–H groups in total. The van der Waals surface area contributed by atoms with Crippen LogP contribution in [-0.4, -0.2) is 41.4 Å². The van der Waals surface area contributed by atoms with Crippen LogP contribution < -0.4 is 16.4 Å². The Morgan fingerprint density at radius 2 is 1.81 bits per heavy atom. The summed E-state index contributed by atoms with van der Waals surface area (Å²) in [5, 5.41) is 5.42. The molecule has 1 aliphatic heterocycles. The smallest absolute Gasteiger partial charge is 0.325 e. The summed E-state index contributed by atoms with van der Waals surface area (Å²) in [5.41, 5.74) is 4.31. The maximum absolute atomic E-state index is 13.1. The average Bonchev–Trinajstić information content (AvgIpc) is 2.84. The van der Waals surface area contributed by atoms with E-state index >= 15 is 0 Å². The fourth-order valence-corrected chi connectivity index (χ4v) is 3.06. The lowest BCUT2D eigenvalue weighted by Crippen LogP contribution is -2.55. The van der Waals surface area contributed by atoms with Gasteiger partial charge >= 0.3 is 6.03 Å². The third-order valence-electron chi connectivity index (χ3n) is 5.15. The average molecular weight is 401 g/mol. The van der Waals surface area contributed by atoms with E-state index in [2.05, 4.69) is 10.6 Å². The number of nitrogens with zero attached hydrogens (tertiary/aromatic N) is 1. The monoisotopic (exact) mass is 400 g/mol. The van der Waals surface area contributed by atoms with E-state index in [-0.39, 0.29) is 19.0 Å². The van der Waals surface area contributed by atoms with Crippen LogP contribution in [0.3, 0.4) is 0 Å². The fourth-order valence-electron chi connectivity index (χ4n) is 3.06. The van der Waals surface area contributed by atoms with Gasteiger partial charge in [-0.05, 0) is 37.5 Å². The van der Waals surface area contributed by atoms with Crippen molar-refractivity contribution < 1.29 is 18.8 Å². The Bertz CT molecular complexity index is 701. The van der Waals surface area contributed by atoms with Crippen molar-refractivity contribution in [3.63, 3.8) is 0 Å². The van der Waals surface area contributed by atoms with E-state index < -0.39 is 41.3 Å². The van der Waals surface area contributed by atoms with Crippen molar-refractivity contribution in [2.24, 2.45) is 5.73 Å². The van der Waals surface area contributed by atoms with Crippen LogP contribution in [0.1, 0.15) is 39.2 Å². The molecule has 0 bridgehead atoms. The molecule has 0 aromatic heterocycles. The molecule has 1 aromatic rings. The van der Waals surface area contributed by atoms with Crippen LogP contribution >= 0.6 is 12.4 Å². The first kappa shape index (κ1) is 22.9. The maximum Gasteiger partial charge on any atom is 0.325 e. The summed E-state index contributed by atoms with van der Waals surface area (Å²) in [7, 11) is 0. The van der Waals surface area contributed by atoms with Crippen LogP contribution in [0.25, 0.3) is 0 Å². The largest absolute Gasteiger partial charge is 0.348 e. The summed E-state index contributed by atoms with van der Waals surface area (Å²) < 4.78 is 13.1. The second-order valence-corrected chi connectivity index (χ2v) is 6.69. The number of carbonyl (C=O) groups is 3. The van der Waals surface area contributed by atoms with E-state index in [0.29, 0.717) is 18.4 Å². The van der Waals surface area contributed by atoms with Crippen LogP contribution in [-0.2, 0) is 15.1 Å². The zero-order chi connectivity index (χ0) is 19.5. The van der Waals surface area contributed by atoms with Gasteiger partial charge in [-0.1, -0.05) is 26.0 Å². The number of hydrogen-bond acceptors (Lipinski definition) is 4. The molecule has 27 heavy (non-hydrogen) atoms. The standard InChI is InChI=1S/C18H25FN4O3.ClH/c1-4-18(5-2,11-20)21-14(24)10-23-15(25)17(3,22-16(23)26)12-6-8-13(19)9-7-12;/h6-9H,4-5,10-11,20H2,1-3H3,(H,21,24)(H,22,26);1H. The van der Waals surface area contributed by atoms with E-state index in [1.165, 1.54) is 31.2 Å². The van der Waals surface area contributed by atoms with Gasteiger partial charge in [-0.2, -0.15) is 0 Å². The molecule has 2 rings (SSSR count). The molecule has 0 radical (unpaired) electrons. The highest BCUT2D eigenvalue weighted by molar-refractivity contribution is 6.09. The molecule has 9 heteroatoms. The molecule has 4 amide bonds. The Morgan fingerprint density at radius 3 is 2.30 bits per heavy atom. The Morgan fingerprint density at radius 1 is 1.26 bits per heavy atom. The normalized spacial score (nSPS) is 19.5. The molecule has 0 aliphatic carbocycles. The first-order valence-corrected chi connectivity index (χ1v) is 8.62. The van der Waals surface area contributed by atoms with Gasteiger partial charge in [0.25, 0.3) is 5.91 Å². The van der Waals surface area contributed by atoms with Crippen LogP contribution in [0, 0.1) is 5.82 Å². The summed E-state index contributed by atoms with van der Waals surface area (Å²) in [6, 6.07) is 4.64. The molecule has 0 spiro atoms. The van der Waals surface area contributed by atoms with Gasteiger partial charge in [-0.15, -0.1) is 12.4 Å². The molecular weight excluding hydrogens is 375 g/mol. The number of benzene rings is 1. The van der Waals surface area contributed by atoms with Crippen molar-refractivity contribution >= 4 is 30.3 Å². The zero-order valence-electron chi connectivity index (χ0n) is 15.7. The predicted octanol–water partition coefficient (Wildman–Crippen LogP) is 1.65. The van der Waals surface area contributed by atoms with E-state index in [1.54, 1.807) is 0 Å². The summed E-state index contributed by atoms with van der Waals surface area (Å²) in [6.07, 6.45) is 1.28. The third kappa shape index (κ3) is 4.39. The van der Waals surface area contributed by atoms with E-state index in [4.69, 9.17) is 5.73 Å². The minimum Gasteiger partial charge on any atom is -0.348 e. The molecular formula is C18H26ClFN4O3. The van der Waals surface area contributed by atoms with Gasteiger partial charge in [0.1, 0.15) is 17.9 Å². The fraction of sp³-hybridized carbons (Fsp3) is 0.500. The van der Waals surface area contributed by atoms with Gasteiger partial charge in [0.15, 0.2) is 0 Å². The first-order chi connectivity index (χ1) is 12.2. The van der Waals surface area contributed by atoms with Crippen molar-refractivity contribution in [3.8, 4) is 0 Å². The molecule has 1 atom stereocenters. The highest BCUT2D eigenvalue weighted by atomic mass is 35.5. The number of halogens is 2. The Hall–Kier alpha value is -2.19. The number of amides is 4. The van der Waals surface area contributed by atoms with Gasteiger partial charge < -0.3 is 16.4 Å². The van der Waals surface area contributed by atoms with E-state index in [9.17, 15) is 18.8 Å². The quantitative estimate of drug-likeness (QED) is 0.605. The van der Waals surface area contributed by atoms with Crippen LogP contribution in [0.4, 0.5) is 9.18 Å². The molecule has 150 valence electrons. The number of urea groups is 1. The van der Waals surface area contributed by atoms with Crippen molar-refractivity contribution in [1.82, 2.24) is 15.5 Å². The Kier molecular flexibility index (Phi) is 7.33. The molecule has 7 nitrogen and oxygen atoms in total. The lowest BCUT2D eigenvalue weighted by molar-refractivity contribution is -0.135. The number of hydrogen-bond donors (Lipinski definition) is 3. The number of nitrogens with two attached hydrogens (primary N) is 1. The molecule has 0 saturated carbocycles. The van der Waals surface area contributed by atoms with Crippen LogP contribution in [0.15, 0.2) is 24.3 Å². The van der Waals surface area contributed by atoms with Gasteiger partial charge in [0, 0.05) is 6.54 Å². The van der Waals surface area contributed by atoms with Crippen molar-refractivity contribution in [1.29, 1.82) is 0 Å². The van der Waals surface area contributed by atoms with E-state index in [1.807, 2.05) is 13.8 Å². The lowest BCUT2D eigenvalue weighted by atomic mass is 9.92. The minimum atomic E-state index is -1.34. The third-order valence-corrected chi connectivity index (χ3v) is 5.15. The summed E-state index contributed by atoms with van der Waals surface area (Å²) >= 11 is 0. The number of nitrogens with one attached hydrogen (secondary N) is 2. The predicted molar refractivity (Wildman–Crippen MR) is 102 cm³/mol. The summed E-state index contributed by atoms with van der Waals surface area (Å²) in [5.74, 6) is -1.45. The lowest BCUT2D eigenvalue weighted by Gasteiger charge is -2.32. The van der Waals surface area contributed by atoms with Crippen molar-refractivity contribution in [3.05, 3.63) is 35.6 Å². The second-order valence-electron chi connectivity index (χ2n) is 6.69. The minimum absolute atomic E-state index is 0. The Labute approximate surface area is 164 Å². The van der Waals surface area contributed by atoms with Crippen LogP contribution in [0.2, 0.25) is 0 Å². The zero-order valence-corrected chi connectivity index (χ0v) is 16.5. The van der Waals surface area contributed by atoms with Crippen molar-refractivity contribution in [2.45, 2.75) is 44.7 Å². The molecule has 1 aliphatic rings. The second kappa shape index (κ2) is 8.67. The van der Waals surface area contributed by atoms with Crippen molar-refractivity contribution in [2.75, 3.05) is 13.1 Å². The molecule has 1 aromatic carbocycles. The molecule has 1 heterocycles. The van der Waals surface area contributed by atoms with Gasteiger partial charge in [-0.3, -0.25) is 14.5 Å². The van der Waals surface area contributed by atoms with Gasteiger partial charge in [0.2, 0.25) is 5.91 Å². The first-order valence-electron chi connectivity index (χ1n) is 8.62. The SMILES string of the molecule is CCC(CC)(CN)NC(=O)CN1C(=O)NC(C)(c2ccc(F)cc2)C1=O.Cl. The van der Waals surface area contributed by atoms with Gasteiger partial charge in [0.05, 0.1) is 5.54 Å². The van der Waals surface area contributed by atoms with E-state index in [0.717, 1.165) is 4.90 Å². The number of imide groups is 1. The summed E-state index contributed by atoms with van der Waals surface area (Å²) in [4.78, 5) is 38.3.